The summed E-state index contributed by atoms with van der Waals surface area (Å²) in [4.78, 5) is 18.2. The smallest absolute Gasteiger partial charge is 0.326 e. The van der Waals surface area contributed by atoms with Crippen molar-refractivity contribution in [2.24, 2.45) is 0 Å². The Kier molecular flexibility index (Phi) is 6.64. The molecular formula is C22H32ClN3O3. The zero-order chi connectivity index (χ0) is 20.4. The number of benzene rings is 1. The molecule has 2 aromatic rings. The molecule has 1 saturated carbocycles. The Morgan fingerprint density at radius 1 is 1.07 bits per heavy atom. The van der Waals surface area contributed by atoms with Crippen LogP contribution in [0.4, 0.5) is 0 Å². The van der Waals surface area contributed by atoms with Gasteiger partial charge in [0.1, 0.15) is 0 Å². The molecule has 7 heteroatoms. The molecule has 6 nitrogen and oxygen atoms in total. The number of fused-ring (bicyclic) bond motifs is 1. The van der Waals surface area contributed by atoms with Gasteiger partial charge in [-0.05, 0) is 63.1 Å². The van der Waals surface area contributed by atoms with E-state index in [0.29, 0.717) is 30.4 Å². The number of methoxy groups -OCH3 is 1. The third-order valence-electron chi connectivity index (χ3n) is 6.66. The Hall–Kier alpha value is -1.34. The fraction of sp³-hybridized carbons (Fsp3) is 0.682. The fourth-order valence-corrected chi connectivity index (χ4v) is 5.16. The monoisotopic (exact) mass is 421 g/mol. The Morgan fingerprint density at radius 2 is 1.79 bits per heavy atom. The van der Waals surface area contributed by atoms with Crippen molar-refractivity contribution in [1.82, 2.24) is 14.5 Å². The number of ether oxygens (including phenoxy) is 2. The van der Waals surface area contributed by atoms with Crippen LogP contribution >= 0.6 is 11.6 Å². The highest BCUT2D eigenvalue weighted by atomic mass is 35.5. The van der Waals surface area contributed by atoms with Gasteiger partial charge in [0.25, 0.3) is 0 Å². The molecule has 0 radical (unpaired) electrons. The van der Waals surface area contributed by atoms with Crippen LogP contribution in [0.3, 0.4) is 0 Å². The number of aromatic nitrogens is 2. The zero-order valence-electron chi connectivity index (χ0n) is 17.5. The Bertz CT molecular complexity index is 877. The maximum absolute atomic E-state index is 12.6. The van der Waals surface area contributed by atoms with E-state index in [9.17, 15) is 4.79 Å². The lowest BCUT2D eigenvalue weighted by Crippen LogP contribution is -2.45. The predicted molar refractivity (Wildman–Crippen MR) is 116 cm³/mol. The number of piperidine rings is 1. The van der Waals surface area contributed by atoms with Gasteiger partial charge in [-0.1, -0.05) is 11.6 Å². The number of aryl methyl sites for hydroxylation is 1. The highest BCUT2D eigenvalue weighted by molar-refractivity contribution is 6.32. The molecule has 1 saturated heterocycles. The van der Waals surface area contributed by atoms with Crippen molar-refractivity contribution in [3.63, 3.8) is 0 Å². The van der Waals surface area contributed by atoms with Crippen molar-refractivity contribution in [3.8, 4) is 0 Å². The average Bonchev–Trinajstić information content (AvgIpc) is 3.04. The van der Waals surface area contributed by atoms with Crippen LogP contribution in [0.1, 0.15) is 50.1 Å². The molecule has 1 N–H and O–H groups in total. The summed E-state index contributed by atoms with van der Waals surface area (Å²) in [5, 5.41) is 0.697. The van der Waals surface area contributed by atoms with Gasteiger partial charge in [-0.3, -0.25) is 4.57 Å². The summed E-state index contributed by atoms with van der Waals surface area (Å²) in [6.07, 6.45) is 7.09. The number of hydrogen-bond donors (Lipinski definition) is 1. The van der Waals surface area contributed by atoms with Crippen LogP contribution in [-0.4, -0.2) is 60.0 Å². The lowest BCUT2D eigenvalue weighted by atomic mass is 9.90. The third kappa shape index (κ3) is 4.55. The van der Waals surface area contributed by atoms with Crippen molar-refractivity contribution in [2.45, 2.75) is 63.6 Å². The second-order valence-corrected chi connectivity index (χ2v) is 8.89. The van der Waals surface area contributed by atoms with E-state index >= 15 is 0 Å². The largest absolute Gasteiger partial charge is 0.382 e. The number of hydrogen-bond acceptors (Lipinski definition) is 4. The number of likely N-dealkylation sites (tertiary alicyclic amines) is 1. The van der Waals surface area contributed by atoms with E-state index in [-0.39, 0.29) is 11.7 Å². The van der Waals surface area contributed by atoms with Gasteiger partial charge in [-0.2, -0.15) is 0 Å². The van der Waals surface area contributed by atoms with Gasteiger partial charge >= 0.3 is 5.69 Å². The fourth-order valence-electron chi connectivity index (χ4n) is 5.00. The summed E-state index contributed by atoms with van der Waals surface area (Å²) in [5.74, 6) is 0. The van der Waals surface area contributed by atoms with E-state index in [2.05, 4.69) is 9.88 Å². The minimum Gasteiger partial charge on any atom is -0.382 e. The van der Waals surface area contributed by atoms with E-state index in [4.69, 9.17) is 21.1 Å². The van der Waals surface area contributed by atoms with Crippen LogP contribution in [0, 0.1) is 6.92 Å². The molecule has 0 unspecified atom stereocenters. The first-order chi connectivity index (χ1) is 14.1. The van der Waals surface area contributed by atoms with Gasteiger partial charge < -0.3 is 19.4 Å². The summed E-state index contributed by atoms with van der Waals surface area (Å²) < 4.78 is 12.9. The Morgan fingerprint density at radius 3 is 2.48 bits per heavy atom. The average molecular weight is 422 g/mol. The van der Waals surface area contributed by atoms with Crippen LogP contribution in [-0.2, 0) is 9.47 Å². The van der Waals surface area contributed by atoms with Crippen LogP contribution in [0.2, 0.25) is 5.02 Å². The number of H-pyrrole nitrogens is 1. The van der Waals surface area contributed by atoms with Crippen LogP contribution in [0.5, 0.6) is 0 Å². The maximum Gasteiger partial charge on any atom is 0.326 e. The Labute approximate surface area is 177 Å². The van der Waals surface area contributed by atoms with Gasteiger partial charge in [0.2, 0.25) is 0 Å². The van der Waals surface area contributed by atoms with Gasteiger partial charge in [0.15, 0.2) is 0 Å². The first kappa shape index (κ1) is 20.9. The van der Waals surface area contributed by atoms with Crippen molar-refractivity contribution >= 4 is 22.6 Å². The molecule has 2 fully saturated rings. The molecule has 1 aliphatic heterocycles. The molecule has 2 aliphatic rings. The van der Waals surface area contributed by atoms with E-state index in [0.717, 1.165) is 55.4 Å². The summed E-state index contributed by atoms with van der Waals surface area (Å²) in [5.41, 5.74) is 2.80. The predicted octanol–water partition coefficient (Wildman–Crippen LogP) is 3.90. The number of nitrogens with zero attached hydrogens (tertiary/aromatic N) is 2. The number of rotatable bonds is 6. The Balaban J connectivity index is 1.35. The van der Waals surface area contributed by atoms with Gasteiger partial charge in [-0.15, -0.1) is 0 Å². The molecule has 0 spiro atoms. The molecule has 29 heavy (non-hydrogen) atoms. The standard InChI is InChI=1S/C22H32ClN3O3/c1-15-13-21-20(14-19(15)23)24-22(27)26(21)17-7-9-25(10-8-17)16-3-5-18(6-4-16)29-12-11-28-2/h13-14,16-18H,3-12H2,1-2H3,(H,24,27)/t16-,18-. The molecule has 0 amide bonds. The molecule has 0 bridgehead atoms. The van der Waals surface area contributed by atoms with Crippen LogP contribution in [0.15, 0.2) is 16.9 Å². The van der Waals surface area contributed by atoms with Crippen LogP contribution < -0.4 is 5.69 Å². The molecule has 2 heterocycles. The van der Waals surface area contributed by atoms with E-state index in [1.807, 2.05) is 23.6 Å². The van der Waals surface area contributed by atoms with Crippen molar-refractivity contribution < 1.29 is 9.47 Å². The van der Waals surface area contributed by atoms with E-state index < -0.39 is 0 Å². The summed E-state index contributed by atoms with van der Waals surface area (Å²) in [7, 11) is 1.71. The molecule has 1 aromatic carbocycles. The molecule has 4 rings (SSSR count). The number of aromatic amines is 1. The minimum atomic E-state index is -0.0196. The number of imidazole rings is 1. The highest BCUT2D eigenvalue weighted by Gasteiger charge is 2.30. The normalized spacial score (nSPS) is 24.4. The number of nitrogens with one attached hydrogen (secondary N) is 1. The molecule has 1 aromatic heterocycles. The van der Waals surface area contributed by atoms with Gasteiger partial charge in [-0.25, -0.2) is 4.79 Å². The molecule has 160 valence electrons. The van der Waals surface area contributed by atoms with Crippen LogP contribution in [0.25, 0.3) is 11.0 Å². The first-order valence-electron chi connectivity index (χ1n) is 10.8. The van der Waals surface area contributed by atoms with Gasteiger partial charge in [0.05, 0.1) is 30.4 Å². The highest BCUT2D eigenvalue weighted by Crippen LogP contribution is 2.31. The van der Waals surface area contributed by atoms with Crippen molar-refractivity contribution in [2.75, 3.05) is 33.4 Å². The minimum absolute atomic E-state index is 0.0196. The summed E-state index contributed by atoms with van der Waals surface area (Å²) in [6.45, 7) is 5.46. The molecule has 1 aliphatic carbocycles. The van der Waals surface area contributed by atoms with E-state index in [1.165, 1.54) is 12.8 Å². The van der Waals surface area contributed by atoms with Crippen molar-refractivity contribution in [3.05, 3.63) is 33.2 Å². The SMILES string of the molecule is COCCO[C@H]1CC[C@H](N2CCC(n3c(=O)[nH]c4cc(Cl)c(C)cc43)CC2)CC1. The summed E-state index contributed by atoms with van der Waals surface area (Å²) >= 11 is 6.23. The lowest BCUT2D eigenvalue weighted by molar-refractivity contribution is -0.0173. The lowest BCUT2D eigenvalue weighted by Gasteiger charge is -2.41. The second-order valence-electron chi connectivity index (χ2n) is 8.48. The first-order valence-corrected chi connectivity index (χ1v) is 11.2. The topological polar surface area (TPSA) is 59.5 Å². The van der Waals surface area contributed by atoms with Gasteiger partial charge in [0, 0.05) is 37.3 Å². The number of halogens is 1. The maximum atomic E-state index is 12.6. The summed E-state index contributed by atoms with van der Waals surface area (Å²) in [6, 6.07) is 4.81. The second kappa shape index (κ2) is 9.21. The zero-order valence-corrected chi connectivity index (χ0v) is 18.2. The third-order valence-corrected chi connectivity index (χ3v) is 7.07. The molecule has 0 atom stereocenters. The quantitative estimate of drug-likeness (QED) is 0.718. The molecular weight excluding hydrogens is 390 g/mol. The van der Waals surface area contributed by atoms with Crippen molar-refractivity contribution in [1.29, 1.82) is 0 Å². The van der Waals surface area contributed by atoms with E-state index in [1.54, 1.807) is 7.11 Å².